The Morgan fingerprint density at radius 3 is 2.33 bits per heavy atom. The van der Waals surface area contributed by atoms with Crippen molar-refractivity contribution < 1.29 is 9.15 Å². The molecule has 0 amide bonds. The van der Waals surface area contributed by atoms with Gasteiger partial charge in [-0.2, -0.15) is 0 Å². The Morgan fingerprint density at radius 1 is 0.857 bits per heavy atom. The number of benzene rings is 3. The van der Waals surface area contributed by atoms with Crippen molar-refractivity contribution in [1.29, 1.82) is 0 Å². The van der Waals surface area contributed by atoms with Crippen LogP contribution in [0.1, 0.15) is 0 Å². The molecule has 0 saturated heterocycles. The van der Waals surface area contributed by atoms with Crippen molar-refractivity contribution in [3.8, 4) is 5.75 Å². The maximum absolute atomic E-state index is 12.7. The predicted octanol–water partition coefficient (Wildman–Crippen LogP) is 4.11. The van der Waals surface area contributed by atoms with Crippen LogP contribution in [-0.4, -0.2) is 7.11 Å². The summed E-state index contributed by atoms with van der Waals surface area (Å²) in [6, 6.07) is 17.0. The molecule has 0 atom stereocenters. The first-order valence-corrected chi connectivity index (χ1v) is 6.69. The zero-order valence-electron chi connectivity index (χ0n) is 11.4. The highest BCUT2D eigenvalue weighted by atomic mass is 16.5. The van der Waals surface area contributed by atoms with Gasteiger partial charge in [0.1, 0.15) is 16.9 Å². The fourth-order valence-corrected chi connectivity index (χ4v) is 2.65. The van der Waals surface area contributed by atoms with Crippen molar-refractivity contribution in [2.45, 2.75) is 0 Å². The first-order valence-electron chi connectivity index (χ1n) is 6.69. The third kappa shape index (κ3) is 1.78. The van der Waals surface area contributed by atoms with E-state index in [1.54, 1.807) is 25.3 Å². The molecule has 0 aliphatic heterocycles. The van der Waals surface area contributed by atoms with E-state index in [1.165, 1.54) is 0 Å². The van der Waals surface area contributed by atoms with E-state index < -0.39 is 0 Å². The van der Waals surface area contributed by atoms with E-state index in [9.17, 15) is 4.79 Å². The molecule has 4 aromatic rings. The van der Waals surface area contributed by atoms with Gasteiger partial charge in [0, 0.05) is 0 Å². The number of rotatable bonds is 1. The quantitative estimate of drug-likeness (QED) is 0.491. The molecular formula is C18H12O3. The van der Waals surface area contributed by atoms with E-state index in [4.69, 9.17) is 9.15 Å². The lowest BCUT2D eigenvalue weighted by molar-refractivity contribution is 0.415. The average Bonchev–Trinajstić information content (AvgIpc) is 2.53. The summed E-state index contributed by atoms with van der Waals surface area (Å²) in [5.74, 6) is 0.648. The van der Waals surface area contributed by atoms with Gasteiger partial charge in [-0.05, 0) is 41.1 Å². The second-order valence-electron chi connectivity index (χ2n) is 4.99. The molecule has 0 saturated carbocycles. The topological polar surface area (TPSA) is 39.4 Å². The second-order valence-corrected chi connectivity index (χ2v) is 4.99. The van der Waals surface area contributed by atoms with Crippen LogP contribution in [0.4, 0.5) is 0 Å². The van der Waals surface area contributed by atoms with Gasteiger partial charge in [-0.25, -0.2) is 0 Å². The first kappa shape index (κ1) is 12.0. The van der Waals surface area contributed by atoms with Crippen LogP contribution in [-0.2, 0) is 0 Å². The Labute approximate surface area is 120 Å². The molecule has 21 heavy (non-hydrogen) atoms. The number of methoxy groups -OCH3 is 1. The summed E-state index contributed by atoms with van der Waals surface area (Å²) in [5.41, 5.74) is 1.15. The summed E-state index contributed by atoms with van der Waals surface area (Å²) >= 11 is 0. The highest BCUT2D eigenvalue weighted by Gasteiger charge is 2.09. The number of fused-ring (bicyclic) bond motifs is 3. The smallest absolute Gasteiger partial charge is 0.200 e. The summed E-state index contributed by atoms with van der Waals surface area (Å²) < 4.78 is 11.1. The molecule has 0 unspecified atom stereocenters. The third-order valence-corrected chi connectivity index (χ3v) is 3.74. The summed E-state index contributed by atoms with van der Waals surface area (Å²) in [5, 5.41) is 3.21. The van der Waals surface area contributed by atoms with Gasteiger partial charge < -0.3 is 9.15 Å². The largest absolute Gasteiger partial charge is 0.497 e. The summed E-state index contributed by atoms with van der Waals surface area (Å²) in [7, 11) is 1.58. The molecule has 3 nitrogen and oxygen atoms in total. The van der Waals surface area contributed by atoms with Crippen LogP contribution in [0.3, 0.4) is 0 Å². The SMILES string of the molecule is COc1ccc2oc3cc4ccccc4cc3c(=O)c2c1. The molecule has 4 rings (SSSR count). The van der Waals surface area contributed by atoms with E-state index >= 15 is 0 Å². The normalized spacial score (nSPS) is 11.3. The fraction of sp³-hybridized carbons (Fsp3) is 0.0556. The Morgan fingerprint density at radius 2 is 1.57 bits per heavy atom. The number of hydrogen-bond donors (Lipinski definition) is 0. The van der Waals surface area contributed by atoms with E-state index in [0.29, 0.717) is 27.7 Å². The Hall–Kier alpha value is -2.81. The third-order valence-electron chi connectivity index (χ3n) is 3.74. The van der Waals surface area contributed by atoms with Crippen LogP contribution in [0.5, 0.6) is 5.75 Å². The highest BCUT2D eigenvalue weighted by Crippen LogP contribution is 2.25. The maximum atomic E-state index is 12.7. The minimum Gasteiger partial charge on any atom is -0.497 e. The molecule has 0 aliphatic rings. The molecule has 102 valence electrons. The van der Waals surface area contributed by atoms with E-state index in [-0.39, 0.29) is 5.43 Å². The highest BCUT2D eigenvalue weighted by molar-refractivity contribution is 5.99. The van der Waals surface area contributed by atoms with Gasteiger partial charge in [-0.1, -0.05) is 24.3 Å². The monoisotopic (exact) mass is 276 g/mol. The number of ether oxygens (including phenoxy) is 1. The van der Waals surface area contributed by atoms with E-state index in [0.717, 1.165) is 10.8 Å². The molecule has 3 heteroatoms. The van der Waals surface area contributed by atoms with Crippen LogP contribution in [0.15, 0.2) is 63.8 Å². The average molecular weight is 276 g/mol. The fourth-order valence-electron chi connectivity index (χ4n) is 2.65. The van der Waals surface area contributed by atoms with Crippen molar-refractivity contribution in [3.63, 3.8) is 0 Å². The molecule has 3 aromatic carbocycles. The zero-order valence-corrected chi connectivity index (χ0v) is 11.4. The second kappa shape index (κ2) is 4.35. The van der Waals surface area contributed by atoms with E-state index in [1.807, 2.05) is 36.4 Å². The van der Waals surface area contributed by atoms with Crippen molar-refractivity contribution in [1.82, 2.24) is 0 Å². The summed E-state index contributed by atoms with van der Waals surface area (Å²) in [4.78, 5) is 12.7. The van der Waals surface area contributed by atoms with Crippen LogP contribution >= 0.6 is 0 Å². The van der Waals surface area contributed by atoms with Gasteiger partial charge in [-0.3, -0.25) is 4.79 Å². The molecule has 0 fully saturated rings. The van der Waals surface area contributed by atoms with Crippen molar-refractivity contribution in [2.24, 2.45) is 0 Å². The van der Waals surface area contributed by atoms with Crippen molar-refractivity contribution in [3.05, 3.63) is 64.8 Å². The van der Waals surface area contributed by atoms with Gasteiger partial charge in [-0.15, -0.1) is 0 Å². The molecule has 0 bridgehead atoms. The minimum absolute atomic E-state index is 0.0316. The molecule has 1 aromatic heterocycles. The summed E-state index contributed by atoms with van der Waals surface area (Å²) in [6.45, 7) is 0. The van der Waals surface area contributed by atoms with Gasteiger partial charge in [0.05, 0.1) is 17.9 Å². The Bertz CT molecular complexity index is 1040. The molecular weight excluding hydrogens is 264 g/mol. The Balaban J connectivity index is 2.19. The molecule has 1 heterocycles. The lowest BCUT2D eigenvalue weighted by atomic mass is 10.1. The summed E-state index contributed by atoms with van der Waals surface area (Å²) in [6.07, 6.45) is 0. The first-order chi connectivity index (χ1) is 10.3. The van der Waals surface area contributed by atoms with Gasteiger partial charge in [0.15, 0.2) is 0 Å². The molecule has 0 radical (unpaired) electrons. The zero-order chi connectivity index (χ0) is 14.4. The van der Waals surface area contributed by atoms with E-state index in [2.05, 4.69) is 0 Å². The van der Waals surface area contributed by atoms with Crippen LogP contribution in [0.2, 0.25) is 0 Å². The number of hydrogen-bond acceptors (Lipinski definition) is 3. The predicted molar refractivity (Wildman–Crippen MR) is 84.0 cm³/mol. The minimum atomic E-state index is -0.0316. The lowest BCUT2D eigenvalue weighted by Crippen LogP contribution is -2.02. The molecule has 0 N–H and O–H groups in total. The van der Waals surface area contributed by atoms with Crippen LogP contribution in [0.25, 0.3) is 32.7 Å². The molecule has 0 aliphatic carbocycles. The van der Waals surface area contributed by atoms with Crippen molar-refractivity contribution >= 4 is 32.7 Å². The van der Waals surface area contributed by atoms with Gasteiger partial charge in [0.25, 0.3) is 0 Å². The van der Waals surface area contributed by atoms with Gasteiger partial charge in [0.2, 0.25) is 5.43 Å². The maximum Gasteiger partial charge on any atom is 0.200 e. The standard InChI is InChI=1S/C18H12O3/c1-20-13-6-7-16-15(10-13)18(19)14-8-11-4-2-3-5-12(11)9-17(14)21-16/h2-10H,1H3. The van der Waals surface area contributed by atoms with Crippen LogP contribution in [0, 0.1) is 0 Å². The lowest BCUT2D eigenvalue weighted by Gasteiger charge is -2.05. The Kier molecular flexibility index (Phi) is 2.48. The van der Waals surface area contributed by atoms with Gasteiger partial charge >= 0.3 is 0 Å². The van der Waals surface area contributed by atoms with Crippen molar-refractivity contribution in [2.75, 3.05) is 7.11 Å². The van der Waals surface area contributed by atoms with Crippen LogP contribution < -0.4 is 10.2 Å². The molecule has 0 spiro atoms.